The Morgan fingerprint density at radius 1 is 0.943 bits per heavy atom. The van der Waals surface area contributed by atoms with Gasteiger partial charge in [0.2, 0.25) is 5.95 Å². The Hall–Kier alpha value is -3.75. The summed E-state index contributed by atoms with van der Waals surface area (Å²) in [5.74, 6) is 2.93. The van der Waals surface area contributed by atoms with E-state index in [1.54, 1.807) is 0 Å². The maximum atomic E-state index is 12.6. The first-order chi connectivity index (χ1) is 17.0. The highest BCUT2D eigenvalue weighted by molar-refractivity contribution is 5.90. The van der Waals surface area contributed by atoms with Gasteiger partial charge in [-0.15, -0.1) is 0 Å². The lowest BCUT2D eigenvalue weighted by molar-refractivity contribution is 0.243. The van der Waals surface area contributed by atoms with Crippen LogP contribution in [0.25, 0.3) is 10.9 Å². The second-order valence-corrected chi connectivity index (χ2v) is 9.29. The van der Waals surface area contributed by atoms with Crippen LogP contribution in [-0.4, -0.2) is 55.4 Å². The minimum atomic E-state index is -0.204. The molecule has 1 aliphatic carbocycles. The fraction of sp³-hybridized carbons (Fsp3) is 0.423. The van der Waals surface area contributed by atoms with Crippen LogP contribution in [0.1, 0.15) is 32.1 Å². The van der Waals surface area contributed by atoms with E-state index in [2.05, 4.69) is 16.0 Å². The molecule has 3 N–H and O–H groups in total. The summed E-state index contributed by atoms with van der Waals surface area (Å²) >= 11 is 0. The van der Waals surface area contributed by atoms with Crippen molar-refractivity contribution in [2.24, 2.45) is 0 Å². The van der Waals surface area contributed by atoms with Crippen LogP contribution in [0.3, 0.4) is 0 Å². The number of ether oxygens (including phenoxy) is 2. The van der Waals surface area contributed by atoms with Crippen molar-refractivity contribution in [1.29, 1.82) is 0 Å². The van der Waals surface area contributed by atoms with Crippen molar-refractivity contribution in [2.75, 3.05) is 42.8 Å². The number of carbonyl (C=O) groups excluding carboxylic acids is 1. The highest BCUT2D eigenvalue weighted by atomic mass is 16.5. The molecule has 0 unspecified atom stereocenters. The zero-order valence-electron chi connectivity index (χ0n) is 20.2. The topological polar surface area (TPSA) is 101 Å². The van der Waals surface area contributed by atoms with Crippen LogP contribution in [0.2, 0.25) is 0 Å². The van der Waals surface area contributed by atoms with Gasteiger partial charge in [-0.2, -0.15) is 4.98 Å². The number of anilines is 3. The SMILES string of the molecule is CN(C)c1nc(N[C@H]2CC[C@@H](NC(=O)Nc3ccc4c(c3)OCCCO4)CC2)nc2ccccc12. The molecule has 35 heavy (non-hydrogen) atoms. The first kappa shape index (κ1) is 23.0. The Balaban J connectivity index is 1.14. The molecule has 2 aromatic carbocycles. The number of rotatable bonds is 5. The molecule has 3 aromatic rings. The number of nitrogens with one attached hydrogen (secondary N) is 3. The molecule has 184 valence electrons. The molecule has 9 nitrogen and oxygen atoms in total. The van der Waals surface area contributed by atoms with Crippen LogP contribution in [-0.2, 0) is 0 Å². The van der Waals surface area contributed by atoms with Gasteiger partial charge in [0.15, 0.2) is 11.5 Å². The molecule has 1 fully saturated rings. The van der Waals surface area contributed by atoms with Crippen LogP contribution in [0.5, 0.6) is 11.5 Å². The number of hydrogen-bond donors (Lipinski definition) is 3. The Morgan fingerprint density at radius 2 is 1.69 bits per heavy atom. The zero-order valence-corrected chi connectivity index (χ0v) is 20.2. The molecule has 2 heterocycles. The van der Waals surface area contributed by atoms with Gasteiger partial charge in [0.1, 0.15) is 5.82 Å². The summed E-state index contributed by atoms with van der Waals surface area (Å²) in [4.78, 5) is 24.1. The van der Waals surface area contributed by atoms with Crippen molar-refractivity contribution < 1.29 is 14.3 Å². The molecule has 5 rings (SSSR count). The first-order valence-corrected chi connectivity index (χ1v) is 12.2. The summed E-state index contributed by atoms with van der Waals surface area (Å²) < 4.78 is 11.4. The van der Waals surface area contributed by atoms with Gasteiger partial charge in [0.25, 0.3) is 0 Å². The van der Waals surface area contributed by atoms with Gasteiger partial charge in [-0.1, -0.05) is 12.1 Å². The van der Waals surface area contributed by atoms with E-state index < -0.39 is 0 Å². The summed E-state index contributed by atoms with van der Waals surface area (Å²) in [5.41, 5.74) is 1.61. The quantitative estimate of drug-likeness (QED) is 0.502. The Kier molecular flexibility index (Phi) is 6.74. The number of fused-ring (bicyclic) bond motifs is 2. The Bertz CT molecular complexity index is 1190. The molecule has 0 spiro atoms. The summed E-state index contributed by atoms with van der Waals surface area (Å²) in [6.07, 6.45) is 4.49. The van der Waals surface area contributed by atoms with Gasteiger partial charge >= 0.3 is 6.03 Å². The Morgan fingerprint density at radius 3 is 2.49 bits per heavy atom. The van der Waals surface area contributed by atoms with E-state index in [0.717, 1.165) is 48.8 Å². The average Bonchev–Trinajstić information content (AvgIpc) is 3.10. The van der Waals surface area contributed by atoms with Crippen LogP contribution in [0.15, 0.2) is 42.5 Å². The minimum Gasteiger partial charge on any atom is -0.490 e. The van der Waals surface area contributed by atoms with Gasteiger partial charge in [-0.25, -0.2) is 9.78 Å². The van der Waals surface area contributed by atoms with Crippen LogP contribution >= 0.6 is 0 Å². The zero-order chi connectivity index (χ0) is 24.2. The fourth-order valence-corrected chi connectivity index (χ4v) is 4.62. The van der Waals surface area contributed by atoms with Crippen molar-refractivity contribution in [3.8, 4) is 11.5 Å². The average molecular weight is 477 g/mol. The molecule has 0 bridgehead atoms. The van der Waals surface area contributed by atoms with E-state index >= 15 is 0 Å². The fourth-order valence-electron chi connectivity index (χ4n) is 4.62. The highest BCUT2D eigenvalue weighted by Crippen LogP contribution is 2.32. The van der Waals surface area contributed by atoms with E-state index in [0.29, 0.717) is 36.3 Å². The minimum absolute atomic E-state index is 0.128. The number of urea groups is 1. The molecular formula is C26H32N6O3. The standard InChI is InChI=1S/C26H32N6O3/c1-32(2)24-20-6-3-4-7-21(20)30-25(31-24)27-17-8-10-18(11-9-17)28-26(33)29-19-12-13-22-23(16-19)35-15-5-14-34-22/h3-4,6-7,12-13,16-18H,5,8-11,14-15H2,1-2H3,(H,27,30,31)(H2,28,29,33)/t17-,18+. The smallest absolute Gasteiger partial charge is 0.319 e. The van der Waals surface area contributed by atoms with Gasteiger partial charge < -0.3 is 30.3 Å². The molecule has 2 amide bonds. The van der Waals surface area contributed by atoms with Gasteiger partial charge in [-0.3, -0.25) is 0 Å². The molecule has 1 aliphatic heterocycles. The third-order valence-electron chi connectivity index (χ3n) is 6.41. The lowest BCUT2D eigenvalue weighted by Gasteiger charge is -2.30. The number of aromatic nitrogens is 2. The number of para-hydroxylation sites is 1. The Labute approximate surface area is 205 Å². The molecule has 2 aliphatic rings. The summed E-state index contributed by atoms with van der Waals surface area (Å²) in [6.45, 7) is 1.25. The number of nitrogens with zero attached hydrogens (tertiary/aromatic N) is 3. The molecule has 0 atom stereocenters. The lowest BCUT2D eigenvalue weighted by atomic mass is 9.91. The van der Waals surface area contributed by atoms with E-state index in [9.17, 15) is 4.79 Å². The van der Waals surface area contributed by atoms with Crippen molar-refractivity contribution in [3.63, 3.8) is 0 Å². The normalized spacial score (nSPS) is 19.5. The first-order valence-electron chi connectivity index (χ1n) is 12.2. The molecule has 1 aromatic heterocycles. The number of hydrogen-bond acceptors (Lipinski definition) is 7. The third-order valence-corrected chi connectivity index (χ3v) is 6.41. The van der Waals surface area contributed by atoms with Gasteiger partial charge in [-0.05, 0) is 49.9 Å². The highest BCUT2D eigenvalue weighted by Gasteiger charge is 2.24. The monoisotopic (exact) mass is 476 g/mol. The van der Waals surface area contributed by atoms with Crippen LogP contribution < -0.4 is 30.3 Å². The largest absolute Gasteiger partial charge is 0.490 e. The van der Waals surface area contributed by atoms with E-state index in [-0.39, 0.29) is 18.1 Å². The maximum absolute atomic E-state index is 12.6. The summed E-state index contributed by atoms with van der Waals surface area (Å²) in [6, 6.07) is 13.7. The molecule has 0 saturated heterocycles. The van der Waals surface area contributed by atoms with Crippen molar-refractivity contribution in [3.05, 3.63) is 42.5 Å². The maximum Gasteiger partial charge on any atom is 0.319 e. The predicted molar refractivity (Wildman–Crippen MR) is 138 cm³/mol. The molecular weight excluding hydrogens is 444 g/mol. The molecule has 0 radical (unpaired) electrons. The summed E-state index contributed by atoms with van der Waals surface area (Å²) in [5, 5.41) is 10.6. The predicted octanol–water partition coefficient (Wildman–Crippen LogP) is 4.40. The van der Waals surface area contributed by atoms with Crippen molar-refractivity contribution in [1.82, 2.24) is 15.3 Å². The van der Waals surface area contributed by atoms with E-state index in [1.165, 1.54) is 0 Å². The van der Waals surface area contributed by atoms with E-state index in [1.807, 2.05) is 61.5 Å². The number of carbonyl (C=O) groups is 1. The van der Waals surface area contributed by atoms with Crippen LogP contribution in [0, 0.1) is 0 Å². The van der Waals surface area contributed by atoms with Gasteiger partial charge in [0.05, 0.1) is 18.7 Å². The van der Waals surface area contributed by atoms with Crippen LogP contribution in [0.4, 0.5) is 22.2 Å². The third kappa shape index (κ3) is 5.50. The lowest BCUT2D eigenvalue weighted by Crippen LogP contribution is -2.42. The van der Waals surface area contributed by atoms with Crippen molar-refractivity contribution in [2.45, 2.75) is 44.2 Å². The second-order valence-electron chi connectivity index (χ2n) is 9.29. The van der Waals surface area contributed by atoms with Crippen molar-refractivity contribution >= 4 is 34.4 Å². The molecule has 9 heteroatoms. The molecule has 1 saturated carbocycles. The number of benzene rings is 2. The summed E-state index contributed by atoms with van der Waals surface area (Å²) in [7, 11) is 3.99. The van der Waals surface area contributed by atoms with Gasteiger partial charge in [0, 0.05) is 49.7 Å². The number of amides is 2. The second kappa shape index (κ2) is 10.2. The van der Waals surface area contributed by atoms with E-state index in [4.69, 9.17) is 19.4 Å².